The second-order valence-electron chi connectivity index (χ2n) is 24.3. The van der Waals surface area contributed by atoms with Crippen LogP contribution >= 0.6 is 10.7 Å². The van der Waals surface area contributed by atoms with E-state index in [4.69, 9.17) is 53.8 Å². The van der Waals surface area contributed by atoms with E-state index >= 15 is 0 Å². The van der Waals surface area contributed by atoms with Gasteiger partial charge in [0.25, 0.3) is 9.05 Å². The minimum Gasteiger partial charge on any atom is -0.489 e. The second-order valence-corrected chi connectivity index (χ2v) is 28.8. The SMILES string of the molecule is CC(C)(CCC#N)CN(C[C@@H](O)[C@H](Cc1ccccc1)NC(=O)OC1COCOC1)S(=O)(=O)c1ccc(OCc2ccccc2)cc1.CC(C)(CCC#N)CNC[C@@H](O)[C@H](Cc1ccccc1)NC(=O)OC1COCOC1.O=S(=O)(Cl)c1ccc(OCc2ccccc2)cc1. The largest absolute Gasteiger partial charge is 0.489 e. The van der Waals surface area contributed by atoms with Gasteiger partial charge in [0, 0.05) is 49.7 Å². The smallest absolute Gasteiger partial charge is 0.407 e. The molecule has 6 aromatic rings. The van der Waals surface area contributed by atoms with E-state index in [9.17, 15) is 41.9 Å². The van der Waals surface area contributed by atoms with Crippen LogP contribution in [0.1, 0.15) is 75.6 Å². The van der Waals surface area contributed by atoms with E-state index in [2.05, 4.69) is 41.9 Å². The van der Waals surface area contributed by atoms with Gasteiger partial charge in [-0.15, -0.1) is 0 Å². The molecular weight excluding hydrogens is 1280 g/mol. The van der Waals surface area contributed by atoms with Crippen molar-refractivity contribution in [1.29, 1.82) is 10.5 Å². The summed E-state index contributed by atoms with van der Waals surface area (Å²) in [5, 5.41) is 49.1. The molecular formula is C70H87ClN6O16S2. The van der Waals surface area contributed by atoms with Gasteiger partial charge in [0.05, 0.1) is 72.6 Å². The van der Waals surface area contributed by atoms with Gasteiger partial charge in [-0.2, -0.15) is 14.8 Å². The lowest BCUT2D eigenvalue weighted by molar-refractivity contribution is -0.151. The minimum absolute atomic E-state index is 0.0251. The number of rotatable bonds is 31. The van der Waals surface area contributed by atoms with Crippen LogP contribution in [0.25, 0.3) is 0 Å². The molecule has 512 valence electrons. The summed E-state index contributed by atoms with van der Waals surface area (Å²) in [6.45, 7) is 10.6. The number of hydrogen-bond acceptors (Lipinski definition) is 19. The number of nitrogens with one attached hydrogen (secondary N) is 3. The Morgan fingerprint density at radius 1 is 0.568 bits per heavy atom. The number of carbonyl (C=O) groups is 2. The normalized spacial score (nSPS) is 15.1. The van der Waals surface area contributed by atoms with Gasteiger partial charge < -0.3 is 64.1 Å². The van der Waals surface area contributed by atoms with Crippen LogP contribution in [0.4, 0.5) is 9.59 Å². The second kappa shape index (κ2) is 39.4. The van der Waals surface area contributed by atoms with E-state index in [1.807, 2.05) is 135 Å². The first kappa shape index (κ1) is 76.3. The maximum Gasteiger partial charge on any atom is 0.407 e. The molecule has 0 aliphatic carbocycles. The standard InChI is InChI=1S/C35H43N3O8S.C22H33N3O5.C13H11ClO3S/c1-35(2,18-9-19-36)25-38(47(41,42)31-16-14-29(15-17-31)45-22-28-12-7-4-8-13-28)21-33(39)32(20-27-10-5-3-6-11-27)37-34(40)46-30-23-43-26-44-24-30;1-22(2,9-6-10-23)15-24-12-20(26)19(11-17-7-4-3-5-8-17)25-21(27)30-18-13-28-16-29-14-18;14-18(15,16)13-8-6-12(7-9-13)17-10-11-4-2-1-3-5-11/h3-8,10-17,30,32-33,39H,9,18,20-26H2,1-2H3,(H,37,40);3-5,7-8,18-20,24,26H,6,9,11-16H2,1-2H3,(H,25,27);1-9H,10H2/t32-,33+;19-,20+;/m00./s1. The van der Waals surface area contributed by atoms with Crippen LogP contribution < -0.4 is 25.4 Å². The summed E-state index contributed by atoms with van der Waals surface area (Å²) in [7, 11) is -2.59. The van der Waals surface area contributed by atoms with E-state index in [0.29, 0.717) is 70.3 Å². The van der Waals surface area contributed by atoms with E-state index in [1.54, 1.807) is 24.3 Å². The lowest BCUT2D eigenvalue weighted by Crippen LogP contribution is -2.52. The Bertz CT molecular complexity index is 3530. The molecule has 0 saturated carbocycles. The predicted molar refractivity (Wildman–Crippen MR) is 357 cm³/mol. The van der Waals surface area contributed by atoms with Crippen molar-refractivity contribution in [2.75, 3.05) is 66.2 Å². The van der Waals surface area contributed by atoms with E-state index in [0.717, 1.165) is 28.7 Å². The molecule has 4 atom stereocenters. The fourth-order valence-corrected chi connectivity index (χ4v) is 12.2. The number of nitrogens with zero attached hydrogens (tertiary/aromatic N) is 3. The first-order chi connectivity index (χ1) is 45.5. The number of ether oxygens (including phenoxy) is 8. The highest BCUT2D eigenvalue weighted by molar-refractivity contribution is 8.13. The van der Waals surface area contributed by atoms with Gasteiger partial charge in [-0.3, -0.25) is 0 Å². The number of sulfonamides is 1. The highest BCUT2D eigenvalue weighted by Gasteiger charge is 2.36. The summed E-state index contributed by atoms with van der Waals surface area (Å²) in [5.74, 6) is 1.11. The number of alkyl carbamates (subject to hydrolysis) is 2. The van der Waals surface area contributed by atoms with Crippen LogP contribution in [0.5, 0.6) is 11.5 Å². The van der Waals surface area contributed by atoms with Crippen LogP contribution in [0.3, 0.4) is 0 Å². The van der Waals surface area contributed by atoms with Gasteiger partial charge >= 0.3 is 12.2 Å². The number of aliphatic hydroxyl groups excluding tert-OH is 2. The topological polar surface area (TPSA) is 304 Å². The number of nitriles is 2. The molecule has 2 heterocycles. The zero-order chi connectivity index (χ0) is 68.5. The average Bonchev–Trinajstić information content (AvgIpc) is 0.807. The van der Waals surface area contributed by atoms with Crippen molar-refractivity contribution in [3.8, 4) is 23.6 Å². The zero-order valence-electron chi connectivity index (χ0n) is 54.0. The van der Waals surface area contributed by atoms with E-state index < -0.39 is 73.2 Å². The summed E-state index contributed by atoms with van der Waals surface area (Å²) < 4.78 is 94.5. The number of benzene rings is 6. The first-order valence-corrected chi connectivity index (χ1v) is 34.9. The Morgan fingerprint density at radius 3 is 1.35 bits per heavy atom. The minimum atomic E-state index is -4.14. The Labute approximate surface area is 562 Å². The molecule has 2 aliphatic rings. The Kier molecular flexibility index (Phi) is 31.6. The van der Waals surface area contributed by atoms with Gasteiger partial charge in [-0.25, -0.2) is 26.4 Å². The van der Waals surface area contributed by atoms with Gasteiger partial charge in [-0.05, 0) is 107 Å². The van der Waals surface area contributed by atoms with Gasteiger partial charge in [0.1, 0.15) is 38.3 Å². The molecule has 8 rings (SSSR count). The van der Waals surface area contributed by atoms with Crippen LogP contribution in [0, 0.1) is 33.5 Å². The monoisotopic (exact) mass is 1370 g/mol. The Morgan fingerprint density at radius 2 is 0.947 bits per heavy atom. The molecule has 0 unspecified atom stereocenters. The number of hydrogen-bond donors (Lipinski definition) is 5. The van der Waals surface area contributed by atoms with Crippen LogP contribution in [-0.4, -0.2) is 146 Å². The van der Waals surface area contributed by atoms with Gasteiger partial charge in [-0.1, -0.05) is 149 Å². The van der Waals surface area contributed by atoms with Gasteiger partial charge in [0.2, 0.25) is 10.0 Å². The molecule has 0 aromatic heterocycles. The van der Waals surface area contributed by atoms with Crippen molar-refractivity contribution in [3.63, 3.8) is 0 Å². The molecule has 0 bridgehead atoms. The maximum atomic E-state index is 14.1. The summed E-state index contributed by atoms with van der Waals surface area (Å²) in [6.07, 6.45) is -1.96. The Balaban J connectivity index is 0.000000252. The molecule has 25 heteroatoms. The van der Waals surface area contributed by atoms with Crippen molar-refractivity contribution in [3.05, 3.63) is 192 Å². The molecule has 95 heavy (non-hydrogen) atoms. The molecule has 22 nitrogen and oxygen atoms in total. The van der Waals surface area contributed by atoms with E-state index in [1.165, 1.54) is 28.6 Å². The summed E-state index contributed by atoms with van der Waals surface area (Å²) >= 11 is 0. The maximum absolute atomic E-state index is 14.1. The molecule has 0 radical (unpaired) electrons. The van der Waals surface area contributed by atoms with Crippen molar-refractivity contribution in [1.82, 2.24) is 20.3 Å². The fraction of sp³-hybridized carbons (Fsp3) is 0.429. The van der Waals surface area contributed by atoms with Gasteiger partial charge in [0.15, 0.2) is 12.2 Å². The fourth-order valence-electron chi connectivity index (χ4n) is 9.80. The lowest BCUT2D eigenvalue weighted by atomic mass is 9.88. The molecule has 5 N–H and O–H groups in total. The van der Waals surface area contributed by atoms with Crippen LogP contribution in [0.15, 0.2) is 180 Å². The summed E-state index contributed by atoms with van der Waals surface area (Å²) in [5.41, 5.74) is 3.20. The molecule has 2 aliphatic heterocycles. The van der Waals surface area contributed by atoms with Crippen molar-refractivity contribution < 1.29 is 74.5 Å². The summed E-state index contributed by atoms with van der Waals surface area (Å²) in [4.78, 5) is 25.4. The number of halogens is 1. The van der Waals surface area contributed by atoms with Crippen molar-refractivity contribution >= 4 is 41.9 Å². The summed E-state index contributed by atoms with van der Waals surface area (Å²) in [6, 6.07) is 53.3. The van der Waals surface area contributed by atoms with E-state index in [-0.39, 0.29) is 67.9 Å². The quantitative estimate of drug-likeness (QED) is 0.0253. The highest BCUT2D eigenvalue weighted by Crippen LogP contribution is 2.30. The van der Waals surface area contributed by atoms with Crippen LogP contribution in [0.2, 0.25) is 0 Å². The van der Waals surface area contributed by atoms with Crippen molar-refractivity contribution in [2.24, 2.45) is 10.8 Å². The van der Waals surface area contributed by atoms with Crippen molar-refractivity contribution in [2.45, 2.75) is 126 Å². The third-order valence-corrected chi connectivity index (χ3v) is 18.3. The molecule has 2 saturated heterocycles. The zero-order valence-corrected chi connectivity index (χ0v) is 56.4. The average molecular weight is 1370 g/mol. The number of amides is 2. The number of aliphatic hydroxyl groups is 2. The predicted octanol–water partition coefficient (Wildman–Crippen LogP) is 9.83. The number of carbonyl (C=O) groups excluding carboxylic acids is 2. The lowest BCUT2D eigenvalue weighted by Gasteiger charge is -2.35. The third-order valence-electron chi connectivity index (χ3n) is 15.1. The third kappa shape index (κ3) is 28.7. The molecule has 0 spiro atoms. The highest BCUT2D eigenvalue weighted by atomic mass is 35.7. The Hall–Kier alpha value is -7.69. The molecule has 6 aromatic carbocycles. The van der Waals surface area contributed by atoms with Crippen LogP contribution in [-0.2, 0) is 73.6 Å². The molecule has 2 amide bonds. The molecule has 2 fully saturated rings. The first-order valence-electron chi connectivity index (χ1n) is 31.1.